The third-order valence-electron chi connectivity index (χ3n) is 2.65. The summed E-state index contributed by atoms with van der Waals surface area (Å²) in [5.74, 6) is 2.56. The highest BCUT2D eigenvalue weighted by Crippen LogP contribution is 2.31. The Hall–Kier alpha value is -0.710. The van der Waals surface area contributed by atoms with E-state index in [1.54, 1.807) is 7.11 Å². The van der Waals surface area contributed by atoms with Gasteiger partial charge < -0.3 is 14.6 Å². The minimum Gasteiger partial charge on any atom is -0.496 e. The standard InChI is InChI=1S/C12H16O3S/c1-14-10-5-3-2-4-9(10)12(13)11-8-16-7-6-15-11/h2-5,11-13H,6-8H2,1H3. The van der Waals surface area contributed by atoms with Gasteiger partial charge in [-0.1, -0.05) is 18.2 Å². The van der Waals surface area contributed by atoms with Crippen molar-refractivity contribution in [1.82, 2.24) is 0 Å². The van der Waals surface area contributed by atoms with Crippen LogP contribution in [-0.2, 0) is 4.74 Å². The fraction of sp³-hybridized carbons (Fsp3) is 0.500. The molecule has 1 aliphatic heterocycles. The Bertz CT molecular complexity index is 337. The minimum absolute atomic E-state index is 0.130. The summed E-state index contributed by atoms with van der Waals surface area (Å²) in [5.41, 5.74) is 0.803. The van der Waals surface area contributed by atoms with Crippen LogP contribution in [0, 0.1) is 0 Å². The first-order chi connectivity index (χ1) is 7.83. The molecule has 0 radical (unpaired) electrons. The van der Waals surface area contributed by atoms with Crippen molar-refractivity contribution in [2.24, 2.45) is 0 Å². The Morgan fingerprint density at radius 1 is 1.50 bits per heavy atom. The summed E-state index contributed by atoms with van der Waals surface area (Å²) in [6.07, 6.45) is -0.737. The fourth-order valence-electron chi connectivity index (χ4n) is 1.80. The molecule has 0 spiro atoms. The quantitative estimate of drug-likeness (QED) is 0.875. The number of para-hydroxylation sites is 1. The second kappa shape index (κ2) is 5.57. The van der Waals surface area contributed by atoms with Crippen LogP contribution in [0.1, 0.15) is 11.7 Å². The lowest BCUT2D eigenvalue weighted by atomic mass is 10.0. The molecule has 2 unspecified atom stereocenters. The molecule has 0 aromatic heterocycles. The summed E-state index contributed by atoms with van der Waals surface area (Å²) in [5, 5.41) is 10.2. The van der Waals surface area contributed by atoms with Crippen molar-refractivity contribution in [1.29, 1.82) is 0 Å². The van der Waals surface area contributed by atoms with Crippen LogP contribution in [0.2, 0.25) is 0 Å². The molecule has 88 valence electrons. The van der Waals surface area contributed by atoms with Crippen molar-refractivity contribution in [2.75, 3.05) is 25.2 Å². The van der Waals surface area contributed by atoms with E-state index in [2.05, 4.69) is 0 Å². The molecule has 1 heterocycles. The molecule has 1 aliphatic rings. The molecule has 2 rings (SSSR count). The van der Waals surface area contributed by atoms with Crippen molar-refractivity contribution in [3.63, 3.8) is 0 Å². The molecule has 1 fully saturated rings. The van der Waals surface area contributed by atoms with Crippen LogP contribution >= 0.6 is 11.8 Å². The number of thioether (sulfide) groups is 1. The second-order valence-corrected chi connectivity index (χ2v) is 4.82. The molecule has 4 heteroatoms. The van der Waals surface area contributed by atoms with E-state index in [-0.39, 0.29) is 6.10 Å². The Kier molecular flexibility index (Phi) is 4.09. The van der Waals surface area contributed by atoms with Gasteiger partial charge in [0.1, 0.15) is 11.9 Å². The third kappa shape index (κ3) is 2.51. The molecular formula is C12H16O3S. The number of benzene rings is 1. The normalized spacial score (nSPS) is 22.8. The van der Waals surface area contributed by atoms with E-state index >= 15 is 0 Å². The van der Waals surface area contributed by atoms with Crippen molar-refractivity contribution in [3.8, 4) is 5.75 Å². The van der Waals surface area contributed by atoms with E-state index < -0.39 is 6.10 Å². The van der Waals surface area contributed by atoms with Crippen LogP contribution in [0.25, 0.3) is 0 Å². The van der Waals surface area contributed by atoms with Crippen LogP contribution in [0.15, 0.2) is 24.3 Å². The largest absolute Gasteiger partial charge is 0.496 e. The monoisotopic (exact) mass is 240 g/mol. The maximum Gasteiger partial charge on any atom is 0.124 e. The molecule has 0 saturated carbocycles. The number of rotatable bonds is 3. The molecule has 1 saturated heterocycles. The zero-order valence-corrected chi connectivity index (χ0v) is 10.1. The lowest BCUT2D eigenvalue weighted by Gasteiger charge is -2.27. The maximum atomic E-state index is 10.2. The van der Waals surface area contributed by atoms with E-state index in [1.807, 2.05) is 36.0 Å². The van der Waals surface area contributed by atoms with E-state index in [0.717, 1.165) is 17.1 Å². The molecule has 0 aliphatic carbocycles. The summed E-state index contributed by atoms with van der Waals surface area (Å²) < 4.78 is 10.8. The first-order valence-electron chi connectivity index (χ1n) is 5.33. The van der Waals surface area contributed by atoms with Gasteiger partial charge in [0, 0.05) is 17.1 Å². The lowest BCUT2D eigenvalue weighted by molar-refractivity contribution is -0.0236. The molecule has 1 aromatic rings. The lowest BCUT2D eigenvalue weighted by Crippen LogP contribution is -2.29. The number of methoxy groups -OCH3 is 1. The van der Waals surface area contributed by atoms with Gasteiger partial charge in [0.05, 0.1) is 19.8 Å². The first-order valence-corrected chi connectivity index (χ1v) is 6.48. The Balaban J connectivity index is 2.15. The van der Waals surface area contributed by atoms with Crippen LogP contribution in [0.5, 0.6) is 5.75 Å². The van der Waals surface area contributed by atoms with Crippen molar-refractivity contribution >= 4 is 11.8 Å². The molecular weight excluding hydrogens is 224 g/mol. The van der Waals surface area contributed by atoms with Gasteiger partial charge in [0.15, 0.2) is 0 Å². The Morgan fingerprint density at radius 3 is 3.00 bits per heavy atom. The summed E-state index contributed by atoms with van der Waals surface area (Å²) in [6, 6.07) is 7.53. The average molecular weight is 240 g/mol. The highest BCUT2D eigenvalue weighted by Gasteiger charge is 2.26. The van der Waals surface area contributed by atoms with Crippen molar-refractivity contribution in [2.45, 2.75) is 12.2 Å². The highest BCUT2D eigenvalue weighted by molar-refractivity contribution is 7.99. The van der Waals surface area contributed by atoms with E-state index in [9.17, 15) is 5.11 Å². The predicted octanol–water partition coefficient (Wildman–Crippen LogP) is 1.86. The molecule has 3 nitrogen and oxygen atoms in total. The molecule has 0 bridgehead atoms. The van der Waals surface area contributed by atoms with Gasteiger partial charge in [-0.05, 0) is 6.07 Å². The fourth-order valence-corrected chi connectivity index (χ4v) is 2.69. The third-order valence-corrected chi connectivity index (χ3v) is 3.67. The average Bonchev–Trinajstić information content (AvgIpc) is 2.39. The maximum absolute atomic E-state index is 10.2. The van der Waals surface area contributed by atoms with Gasteiger partial charge in [-0.3, -0.25) is 0 Å². The van der Waals surface area contributed by atoms with Crippen LogP contribution in [0.3, 0.4) is 0 Å². The van der Waals surface area contributed by atoms with Crippen molar-refractivity contribution in [3.05, 3.63) is 29.8 Å². The number of aliphatic hydroxyl groups excluding tert-OH is 1. The number of ether oxygens (including phenoxy) is 2. The smallest absolute Gasteiger partial charge is 0.124 e. The SMILES string of the molecule is COc1ccccc1C(O)C1CSCCO1. The topological polar surface area (TPSA) is 38.7 Å². The first kappa shape index (κ1) is 11.8. The van der Waals surface area contributed by atoms with Gasteiger partial charge in [-0.2, -0.15) is 11.8 Å². The Morgan fingerprint density at radius 2 is 2.31 bits per heavy atom. The number of aliphatic hydroxyl groups is 1. The van der Waals surface area contributed by atoms with Gasteiger partial charge >= 0.3 is 0 Å². The van der Waals surface area contributed by atoms with E-state index in [0.29, 0.717) is 12.4 Å². The number of hydrogen-bond acceptors (Lipinski definition) is 4. The number of hydrogen-bond donors (Lipinski definition) is 1. The molecule has 16 heavy (non-hydrogen) atoms. The molecule has 1 aromatic carbocycles. The summed E-state index contributed by atoms with van der Waals surface area (Å²) in [7, 11) is 1.61. The van der Waals surface area contributed by atoms with Gasteiger partial charge in [-0.25, -0.2) is 0 Å². The molecule has 0 amide bonds. The van der Waals surface area contributed by atoms with Crippen LogP contribution in [0.4, 0.5) is 0 Å². The van der Waals surface area contributed by atoms with Gasteiger partial charge in [0.2, 0.25) is 0 Å². The highest BCUT2D eigenvalue weighted by atomic mass is 32.2. The van der Waals surface area contributed by atoms with Crippen LogP contribution < -0.4 is 4.74 Å². The van der Waals surface area contributed by atoms with E-state index in [1.165, 1.54) is 0 Å². The summed E-state index contributed by atoms with van der Waals surface area (Å²) >= 11 is 1.81. The zero-order valence-electron chi connectivity index (χ0n) is 9.26. The van der Waals surface area contributed by atoms with E-state index in [4.69, 9.17) is 9.47 Å². The minimum atomic E-state index is -0.607. The molecule has 2 atom stereocenters. The van der Waals surface area contributed by atoms with Crippen LogP contribution in [-0.4, -0.2) is 36.4 Å². The predicted molar refractivity (Wildman–Crippen MR) is 65.0 cm³/mol. The summed E-state index contributed by atoms with van der Waals surface area (Å²) in [6.45, 7) is 0.710. The Labute approximate surface area is 99.8 Å². The van der Waals surface area contributed by atoms with Gasteiger partial charge in [-0.15, -0.1) is 0 Å². The second-order valence-electron chi connectivity index (χ2n) is 3.67. The molecule has 1 N–H and O–H groups in total. The summed E-state index contributed by atoms with van der Waals surface area (Å²) in [4.78, 5) is 0. The zero-order chi connectivity index (χ0) is 11.4. The van der Waals surface area contributed by atoms with Gasteiger partial charge in [0.25, 0.3) is 0 Å². The van der Waals surface area contributed by atoms with Crippen molar-refractivity contribution < 1.29 is 14.6 Å².